The Balaban J connectivity index is 1.56. The molecule has 2 heterocycles. The quantitative estimate of drug-likeness (QED) is 0.574. The van der Waals surface area contributed by atoms with Gasteiger partial charge in [-0.25, -0.2) is 4.79 Å². The Hall–Kier alpha value is -3.19. The molecule has 1 atom stereocenters. The van der Waals surface area contributed by atoms with Crippen molar-refractivity contribution in [3.8, 4) is 0 Å². The normalized spacial score (nSPS) is 20.8. The summed E-state index contributed by atoms with van der Waals surface area (Å²) in [5, 5.41) is 3.16. The number of imide groups is 1. The SMILES string of the molecule is Cc1ccccc1CC1(C2CCN(C(=O)c3ccccc3C)CC2)NC(=O)N(CCCN(C)C)C1=O. The number of nitrogens with one attached hydrogen (secondary N) is 1. The van der Waals surface area contributed by atoms with E-state index in [0.717, 1.165) is 35.2 Å². The molecule has 0 spiro atoms. The first-order valence-electron chi connectivity index (χ1n) is 12.9. The zero-order valence-corrected chi connectivity index (χ0v) is 21.9. The number of likely N-dealkylation sites (tertiary alicyclic amines) is 1. The minimum Gasteiger partial charge on any atom is -0.339 e. The number of hydrogen-bond acceptors (Lipinski definition) is 4. The van der Waals surface area contributed by atoms with Crippen LogP contribution in [0.1, 0.15) is 46.3 Å². The zero-order valence-electron chi connectivity index (χ0n) is 21.9. The van der Waals surface area contributed by atoms with Crippen molar-refractivity contribution in [2.75, 3.05) is 40.3 Å². The Bertz CT molecular complexity index is 1120. The lowest BCUT2D eigenvalue weighted by atomic mass is 9.73. The highest BCUT2D eigenvalue weighted by atomic mass is 16.2. The van der Waals surface area contributed by atoms with Crippen molar-refractivity contribution < 1.29 is 14.4 Å². The van der Waals surface area contributed by atoms with Gasteiger partial charge in [0.15, 0.2) is 0 Å². The van der Waals surface area contributed by atoms with E-state index in [9.17, 15) is 14.4 Å². The topological polar surface area (TPSA) is 73.0 Å². The lowest BCUT2D eigenvalue weighted by Crippen LogP contribution is -2.58. The van der Waals surface area contributed by atoms with Crippen LogP contribution in [0.25, 0.3) is 0 Å². The first kappa shape index (κ1) is 25.9. The van der Waals surface area contributed by atoms with Crippen molar-refractivity contribution in [1.82, 2.24) is 20.0 Å². The van der Waals surface area contributed by atoms with Crippen molar-refractivity contribution in [1.29, 1.82) is 0 Å². The first-order chi connectivity index (χ1) is 17.2. The molecule has 1 unspecified atom stereocenters. The van der Waals surface area contributed by atoms with E-state index in [1.807, 2.05) is 81.4 Å². The molecule has 0 aliphatic carbocycles. The minimum atomic E-state index is -0.987. The third-order valence-corrected chi connectivity index (χ3v) is 7.77. The van der Waals surface area contributed by atoms with Gasteiger partial charge in [0, 0.05) is 31.6 Å². The third kappa shape index (κ3) is 5.16. The maximum Gasteiger partial charge on any atom is 0.325 e. The number of nitrogens with zero attached hydrogens (tertiary/aromatic N) is 3. The summed E-state index contributed by atoms with van der Waals surface area (Å²) in [4.78, 5) is 45.6. The molecule has 2 fully saturated rings. The molecule has 0 radical (unpaired) electrons. The Labute approximate surface area is 214 Å². The number of carbonyl (C=O) groups excluding carboxylic acids is 3. The standard InChI is InChI=1S/C29H38N4O3/c1-21-10-5-7-12-23(21)20-29(27(35)33(28(36)30-29)17-9-16-31(3)4)24-14-18-32(19-15-24)26(34)25-13-8-6-11-22(25)2/h5-8,10-13,24H,9,14-20H2,1-4H3,(H,30,36). The Morgan fingerprint density at radius 2 is 1.64 bits per heavy atom. The van der Waals surface area contributed by atoms with E-state index < -0.39 is 5.54 Å². The summed E-state index contributed by atoms with van der Waals surface area (Å²) in [6, 6.07) is 15.4. The molecule has 0 aromatic heterocycles. The average Bonchev–Trinajstić information content (AvgIpc) is 3.10. The van der Waals surface area contributed by atoms with Gasteiger partial charge in [-0.1, -0.05) is 42.5 Å². The van der Waals surface area contributed by atoms with Crippen LogP contribution in [0, 0.1) is 19.8 Å². The van der Waals surface area contributed by atoms with Crippen LogP contribution in [0.5, 0.6) is 0 Å². The second kappa shape index (κ2) is 10.8. The number of piperidine rings is 1. The number of benzene rings is 2. The molecular weight excluding hydrogens is 452 g/mol. The van der Waals surface area contributed by atoms with E-state index >= 15 is 0 Å². The number of urea groups is 1. The molecule has 2 aromatic rings. The molecule has 7 nitrogen and oxygen atoms in total. The van der Waals surface area contributed by atoms with Gasteiger partial charge in [0.2, 0.25) is 0 Å². The van der Waals surface area contributed by atoms with Crippen LogP contribution >= 0.6 is 0 Å². The van der Waals surface area contributed by atoms with Crippen LogP contribution < -0.4 is 5.32 Å². The molecule has 0 saturated carbocycles. The van der Waals surface area contributed by atoms with Crippen LogP contribution in [0.2, 0.25) is 0 Å². The van der Waals surface area contributed by atoms with Crippen LogP contribution in [-0.4, -0.2) is 78.4 Å². The highest BCUT2D eigenvalue weighted by molar-refractivity contribution is 6.07. The second-order valence-corrected chi connectivity index (χ2v) is 10.5. The number of rotatable bonds is 8. The highest BCUT2D eigenvalue weighted by Crippen LogP contribution is 2.37. The smallest absolute Gasteiger partial charge is 0.325 e. The second-order valence-electron chi connectivity index (χ2n) is 10.5. The van der Waals surface area contributed by atoms with Gasteiger partial charge < -0.3 is 15.1 Å². The van der Waals surface area contributed by atoms with Crippen molar-refractivity contribution >= 4 is 17.8 Å². The molecule has 192 valence electrons. The number of carbonyl (C=O) groups is 3. The van der Waals surface area contributed by atoms with Crippen molar-refractivity contribution in [2.45, 2.75) is 45.1 Å². The van der Waals surface area contributed by atoms with Crippen molar-refractivity contribution in [3.05, 3.63) is 70.8 Å². The molecule has 2 aliphatic rings. The van der Waals surface area contributed by atoms with Gasteiger partial charge in [-0.2, -0.15) is 0 Å². The van der Waals surface area contributed by atoms with E-state index in [2.05, 4.69) is 10.2 Å². The van der Waals surface area contributed by atoms with E-state index in [0.29, 0.717) is 38.9 Å². The van der Waals surface area contributed by atoms with Gasteiger partial charge >= 0.3 is 6.03 Å². The summed E-state index contributed by atoms with van der Waals surface area (Å²) >= 11 is 0. The summed E-state index contributed by atoms with van der Waals surface area (Å²) in [6.07, 6.45) is 2.53. The fraction of sp³-hybridized carbons (Fsp3) is 0.483. The first-order valence-corrected chi connectivity index (χ1v) is 12.9. The van der Waals surface area contributed by atoms with Crippen LogP contribution in [-0.2, 0) is 11.2 Å². The summed E-state index contributed by atoms with van der Waals surface area (Å²) in [6.45, 7) is 6.34. The Kier molecular flexibility index (Phi) is 7.79. The molecule has 4 amide bonds. The zero-order chi connectivity index (χ0) is 25.9. The van der Waals surface area contributed by atoms with Crippen molar-refractivity contribution in [3.63, 3.8) is 0 Å². The Morgan fingerprint density at radius 1 is 1.00 bits per heavy atom. The summed E-state index contributed by atoms with van der Waals surface area (Å²) in [5.41, 5.74) is 2.88. The van der Waals surface area contributed by atoms with Gasteiger partial charge in [-0.05, 0) is 82.4 Å². The molecular formula is C29H38N4O3. The maximum absolute atomic E-state index is 14.0. The van der Waals surface area contributed by atoms with Crippen LogP contribution in [0.15, 0.2) is 48.5 Å². The average molecular weight is 491 g/mol. The lowest BCUT2D eigenvalue weighted by molar-refractivity contribution is -0.134. The molecule has 1 N–H and O–H groups in total. The monoisotopic (exact) mass is 490 g/mol. The predicted molar refractivity (Wildman–Crippen MR) is 141 cm³/mol. The van der Waals surface area contributed by atoms with Crippen LogP contribution in [0.3, 0.4) is 0 Å². The molecule has 2 aromatic carbocycles. The number of aryl methyl sites for hydroxylation is 2. The van der Waals surface area contributed by atoms with E-state index in [4.69, 9.17) is 0 Å². The maximum atomic E-state index is 14.0. The van der Waals surface area contributed by atoms with Gasteiger partial charge in [-0.15, -0.1) is 0 Å². The van der Waals surface area contributed by atoms with Crippen LogP contribution in [0.4, 0.5) is 4.79 Å². The number of hydrogen-bond donors (Lipinski definition) is 1. The predicted octanol–water partition coefficient (Wildman–Crippen LogP) is 3.64. The number of amides is 4. The lowest BCUT2D eigenvalue weighted by Gasteiger charge is -2.41. The van der Waals surface area contributed by atoms with Gasteiger partial charge in [0.1, 0.15) is 5.54 Å². The molecule has 0 bridgehead atoms. The molecule has 2 saturated heterocycles. The van der Waals surface area contributed by atoms with E-state index in [-0.39, 0.29) is 23.8 Å². The molecule has 7 heteroatoms. The van der Waals surface area contributed by atoms with Gasteiger partial charge in [-0.3, -0.25) is 14.5 Å². The minimum absolute atomic E-state index is 0.0339. The third-order valence-electron chi connectivity index (χ3n) is 7.77. The van der Waals surface area contributed by atoms with E-state index in [1.54, 1.807) is 0 Å². The highest BCUT2D eigenvalue weighted by Gasteiger charge is 2.56. The van der Waals surface area contributed by atoms with Crippen molar-refractivity contribution in [2.24, 2.45) is 5.92 Å². The Morgan fingerprint density at radius 3 is 2.28 bits per heavy atom. The van der Waals surface area contributed by atoms with Gasteiger partial charge in [0.25, 0.3) is 11.8 Å². The summed E-state index contributed by atoms with van der Waals surface area (Å²) in [7, 11) is 3.97. The molecule has 2 aliphatic heterocycles. The summed E-state index contributed by atoms with van der Waals surface area (Å²) < 4.78 is 0. The molecule has 4 rings (SSSR count). The fourth-order valence-corrected chi connectivity index (χ4v) is 5.60. The summed E-state index contributed by atoms with van der Waals surface area (Å²) in [5.74, 6) is -0.141. The largest absolute Gasteiger partial charge is 0.339 e. The molecule has 36 heavy (non-hydrogen) atoms. The fourth-order valence-electron chi connectivity index (χ4n) is 5.60. The van der Waals surface area contributed by atoms with Gasteiger partial charge in [0.05, 0.1) is 0 Å². The van der Waals surface area contributed by atoms with E-state index in [1.165, 1.54) is 4.90 Å².